The van der Waals surface area contributed by atoms with Crippen molar-refractivity contribution in [2.45, 2.75) is 6.92 Å². The zero-order valence-corrected chi connectivity index (χ0v) is 9.63. The maximum Gasteiger partial charge on any atom is 0.211 e. The van der Waals surface area contributed by atoms with Gasteiger partial charge < -0.3 is 22.9 Å². The highest BCUT2D eigenvalue weighted by atomic mass is 35.5. The van der Waals surface area contributed by atoms with Crippen molar-refractivity contribution in [1.29, 1.82) is 0 Å². The third-order valence-electron chi connectivity index (χ3n) is 0.741. The van der Waals surface area contributed by atoms with Gasteiger partial charge >= 0.3 is 0 Å². The molecule has 88 valence electrons. The van der Waals surface area contributed by atoms with Gasteiger partial charge in [0.25, 0.3) is 0 Å². The Morgan fingerprint density at radius 1 is 0.867 bits per heavy atom. The summed E-state index contributed by atoms with van der Waals surface area (Å²) in [6, 6.07) is 0. The highest BCUT2D eigenvalue weighted by molar-refractivity contribution is 6.29. The van der Waals surface area contributed by atoms with Gasteiger partial charge in [0.05, 0.1) is 11.9 Å². The smallest absolute Gasteiger partial charge is 0.211 e. The van der Waals surface area contributed by atoms with Crippen LogP contribution >= 0.6 is 24.8 Å². The first kappa shape index (κ1) is 19.1. The van der Waals surface area contributed by atoms with E-state index in [1.807, 2.05) is 0 Å². The van der Waals surface area contributed by atoms with Gasteiger partial charge in [0.2, 0.25) is 11.9 Å². The van der Waals surface area contributed by atoms with E-state index < -0.39 is 0 Å². The average molecular weight is 257 g/mol. The second-order valence-electron chi connectivity index (χ2n) is 2.04. The SMILES string of the molecule is CC(/C=N/N=C(N)N)=N/N=C(N)N.Cl.Cl. The Balaban J connectivity index is -0.000000720. The van der Waals surface area contributed by atoms with Gasteiger partial charge in [-0.25, -0.2) is 0 Å². The molecule has 0 aliphatic carbocycles. The van der Waals surface area contributed by atoms with Crippen molar-refractivity contribution in [3.05, 3.63) is 0 Å². The zero-order valence-electron chi connectivity index (χ0n) is 7.99. The van der Waals surface area contributed by atoms with Crippen LogP contribution in [0.5, 0.6) is 0 Å². The number of nitrogens with two attached hydrogens (primary N) is 4. The minimum absolute atomic E-state index is 0. The first-order valence-corrected chi connectivity index (χ1v) is 3.27. The van der Waals surface area contributed by atoms with Gasteiger partial charge in [-0.15, -0.1) is 35.0 Å². The largest absolute Gasteiger partial charge is 0.369 e. The number of hydrogen-bond donors (Lipinski definition) is 4. The van der Waals surface area contributed by atoms with Crippen LogP contribution in [0.1, 0.15) is 6.92 Å². The van der Waals surface area contributed by atoms with Crippen molar-refractivity contribution in [1.82, 2.24) is 0 Å². The summed E-state index contributed by atoms with van der Waals surface area (Å²) in [4.78, 5) is 0. The Kier molecular flexibility index (Phi) is 13.4. The number of rotatable bonds is 3. The van der Waals surface area contributed by atoms with E-state index in [0.29, 0.717) is 5.71 Å². The van der Waals surface area contributed by atoms with Crippen LogP contribution in [0.25, 0.3) is 0 Å². The molecule has 0 spiro atoms. The minimum Gasteiger partial charge on any atom is -0.369 e. The maximum absolute atomic E-state index is 5.03. The molecular formula is C5H14Cl2N8. The summed E-state index contributed by atoms with van der Waals surface area (Å²) < 4.78 is 0. The van der Waals surface area contributed by atoms with Crippen LogP contribution in [0.2, 0.25) is 0 Å². The summed E-state index contributed by atoms with van der Waals surface area (Å²) in [6.45, 7) is 1.64. The molecular weight excluding hydrogens is 243 g/mol. The van der Waals surface area contributed by atoms with Crippen molar-refractivity contribution >= 4 is 48.7 Å². The molecule has 0 atom stereocenters. The lowest BCUT2D eigenvalue weighted by molar-refractivity contribution is 1.19. The molecule has 8 nitrogen and oxygen atoms in total. The lowest BCUT2D eigenvalue weighted by Gasteiger charge is -1.86. The number of halogens is 2. The Bertz CT molecular complexity index is 273. The van der Waals surface area contributed by atoms with E-state index in [2.05, 4.69) is 20.4 Å². The first-order valence-electron chi connectivity index (χ1n) is 3.27. The Morgan fingerprint density at radius 2 is 1.33 bits per heavy atom. The zero-order chi connectivity index (χ0) is 10.3. The summed E-state index contributed by atoms with van der Waals surface area (Å²) in [7, 11) is 0. The lowest BCUT2D eigenvalue weighted by Crippen LogP contribution is -2.22. The molecule has 0 aliphatic heterocycles. The molecule has 0 aromatic rings. The third-order valence-corrected chi connectivity index (χ3v) is 0.741. The second kappa shape index (κ2) is 10.5. The molecule has 0 amide bonds. The van der Waals surface area contributed by atoms with Gasteiger partial charge in [-0.3, -0.25) is 0 Å². The van der Waals surface area contributed by atoms with Crippen LogP contribution in [-0.4, -0.2) is 23.8 Å². The van der Waals surface area contributed by atoms with E-state index in [9.17, 15) is 0 Å². The Labute approximate surface area is 99.4 Å². The van der Waals surface area contributed by atoms with E-state index in [1.54, 1.807) is 6.92 Å². The standard InChI is InChI=1S/C5H12N8.2ClH/c1-3(11-13-5(8)9)2-10-12-4(6)7;;/h2H,1H3,(H4,6,7,12)(H4,8,9,13);2*1H/b10-2+,11-3-;;. The van der Waals surface area contributed by atoms with Crippen LogP contribution in [0, 0.1) is 0 Å². The molecule has 0 rings (SSSR count). The molecule has 0 aromatic heterocycles. The summed E-state index contributed by atoms with van der Waals surface area (Å²) >= 11 is 0. The summed E-state index contributed by atoms with van der Waals surface area (Å²) in [5.41, 5.74) is 20.5. The normalized spacial score (nSPS) is 9.80. The molecule has 8 N–H and O–H groups in total. The van der Waals surface area contributed by atoms with E-state index in [0.717, 1.165) is 0 Å². The van der Waals surface area contributed by atoms with Crippen molar-refractivity contribution in [2.75, 3.05) is 0 Å². The summed E-state index contributed by atoms with van der Waals surface area (Å²) in [5, 5.41) is 13.8. The fourth-order valence-electron chi connectivity index (χ4n) is 0.342. The predicted molar refractivity (Wildman–Crippen MR) is 67.7 cm³/mol. The topological polar surface area (TPSA) is 154 Å². The van der Waals surface area contributed by atoms with Gasteiger partial charge in [0.1, 0.15) is 0 Å². The van der Waals surface area contributed by atoms with Crippen LogP contribution in [0.15, 0.2) is 20.4 Å². The van der Waals surface area contributed by atoms with Gasteiger partial charge in [-0.05, 0) is 6.92 Å². The fraction of sp³-hybridized carbons (Fsp3) is 0.200. The third kappa shape index (κ3) is 15.2. The molecule has 15 heavy (non-hydrogen) atoms. The Morgan fingerprint density at radius 3 is 1.73 bits per heavy atom. The molecule has 0 saturated carbocycles. The number of guanidine groups is 2. The van der Waals surface area contributed by atoms with Crippen molar-refractivity contribution < 1.29 is 0 Å². The average Bonchev–Trinajstić information content (AvgIpc) is 2.00. The monoisotopic (exact) mass is 256 g/mol. The summed E-state index contributed by atoms with van der Waals surface area (Å²) in [5.74, 6) is -0.263. The quantitative estimate of drug-likeness (QED) is 0.283. The van der Waals surface area contributed by atoms with Crippen molar-refractivity contribution in [3.63, 3.8) is 0 Å². The van der Waals surface area contributed by atoms with Crippen LogP contribution in [0.4, 0.5) is 0 Å². The van der Waals surface area contributed by atoms with Crippen LogP contribution in [0.3, 0.4) is 0 Å². The predicted octanol–water partition coefficient (Wildman–Crippen LogP) is -1.26. The molecule has 0 fully saturated rings. The Hall–Kier alpha value is -1.54. The number of hydrogen-bond acceptors (Lipinski definition) is 4. The van der Waals surface area contributed by atoms with E-state index in [4.69, 9.17) is 22.9 Å². The van der Waals surface area contributed by atoms with Crippen LogP contribution in [-0.2, 0) is 0 Å². The van der Waals surface area contributed by atoms with E-state index in [1.165, 1.54) is 6.21 Å². The van der Waals surface area contributed by atoms with Gasteiger partial charge in [0.15, 0.2) is 0 Å². The van der Waals surface area contributed by atoms with Gasteiger partial charge in [0, 0.05) is 0 Å². The van der Waals surface area contributed by atoms with E-state index in [-0.39, 0.29) is 36.7 Å². The van der Waals surface area contributed by atoms with Crippen molar-refractivity contribution in [3.8, 4) is 0 Å². The molecule has 0 saturated heterocycles. The molecule has 0 radical (unpaired) electrons. The first-order chi connectivity index (χ1) is 6.02. The maximum atomic E-state index is 5.03. The molecule has 0 heterocycles. The molecule has 10 heteroatoms. The van der Waals surface area contributed by atoms with Gasteiger partial charge in [-0.2, -0.15) is 10.2 Å². The highest BCUT2D eigenvalue weighted by Gasteiger charge is 1.83. The van der Waals surface area contributed by atoms with E-state index >= 15 is 0 Å². The van der Waals surface area contributed by atoms with Crippen LogP contribution < -0.4 is 22.9 Å². The highest BCUT2D eigenvalue weighted by Crippen LogP contribution is 1.76. The second-order valence-corrected chi connectivity index (χ2v) is 2.04. The van der Waals surface area contributed by atoms with Gasteiger partial charge in [-0.1, -0.05) is 0 Å². The number of nitrogens with zero attached hydrogens (tertiary/aromatic N) is 4. The lowest BCUT2D eigenvalue weighted by atomic mass is 10.5. The fourth-order valence-corrected chi connectivity index (χ4v) is 0.342. The summed E-state index contributed by atoms with van der Waals surface area (Å²) in [6.07, 6.45) is 1.31. The van der Waals surface area contributed by atoms with Crippen molar-refractivity contribution in [2.24, 2.45) is 43.3 Å². The molecule has 0 aliphatic rings. The molecule has 0 bridgehead atoms. The molecule has 0 unspecified atom stereocenters. The minimum atomic E-state index is -0.133. The molecule has 0 aromatic carbocycles.